The molecule has 2 aromatic carbocycles. The molecule has 21 heavy (non-hydrogen) atoms. The molecule has 0 fully saturated rings. The van der Waals surface area contributed by atoms with Gasteiger partial charge in [0.2, 0.25) is 5.78 Å². The second kappa shape index (κ2) is 5.41. The maximum absolute atomic E-state index is 12.3. The van der Waals surface area contributed by atoms with Crippen molar-refractivity contribution in [3.63, 3.8) is 0 Å². The minimum absolute atomic E-state index is 0.0502. The summed E-state index contributed by atoms with van der Waals surface area (Å²) >= 11 is 0. The molecule has 0 atom stereocenters. The first-order valence-electron chi connectivity index (χ1n) is 6.92. The zero-order chi connectivity index (χ0) is 14.8. The smallest absolute Gasteiger partial charge is 0.231 e. The minimum atomic E-state index is -0.0502. The molecule has 1 aliphatic heterocycles. The highest BCUT2D eigenvalue weighted by Crippen LogP contribution is 2.33. The molecule has 0 aliphatic carbocycles. The van der Waals surface area contributed by atoms with Crippen LogP contribution < -0.4 is 4.74 Å². The van der Waals surface area contributed by atoms with Gasteiger partial charge in [-0.2, -0.15) is 0 Å². The van der Waals surface area contributed by atoms with Crippen molar-refractivity contribution in [1.82, 2.24) is 0 Å². The number of Topliss-reactive ketones (excluding diaryl/α,β-unsaturated/α-hetero) is 1. The summed E-state index contributed by atoms with van der Waals surface area (Å²) in [4.78, 5) is 12.3. The Hall–Kier alpha value is -2.61. The fourth-order valence-electron chi connectivity index (χ4n) is 2.27. The van der Waals surface area contributed by atoms with E-state index in [2.05, 4.69) is 0 Å². The van der Waals surface area contributed by atoms with Crippen LogP contribution in [0.15, 0.2) is 60.4 Å². The first kappa shape index (κ1) is 13.4. The van der Waals surface area contributed by atoms with Crippen molar-refractivity contribution >= 4 is 11.9 Å². The van der Waals surface area contributed by atoms with Gasteiger partial charge in [0.1, 0.15) is 5.75 Å². The van der Waals surface area contributed by atoms with E-state index in [1.165, 1.54) is 0 Å². The summed E-state index contributed by atoms with van der Waals surface area (Å²) < 4.78 is 5.65. The number of hydrogen-bond donors (Lipinski definition) is 0. The molecule has 1 heterocycles. The number of carbonyl (C=O) groups excluding carboxylic acids is 1. The predicted molar refractivity (Wildman–Crippen MR) is 84.4 cm³/mol. The molecule has 0 N–H and O–H groups in total. The Balaban J connectivity index is 1.84. The third-order valence-electron chi connectivity index (χ3n) is 3.62. The molecule has 0 aromatic heterocycles. The first-order chi connectivity index (χ1) is 10.1. The Labute approximate surface area is 124 Å². The number of benzene rings is 2. The second-order valence-corrected chi connectivity index (χ2v) is 5.16. The molecule has 0 bridgehead atoms. The van der Waals surface area contributed by atoms with Crippen molar-refractivity contribution in [2.45, 2.75) is 13.8 Å². The van der Waals surface area contributed by atoms with E-state index in [0.717, 1.165) is 16.7 Å². The van der Waals surface area contributed by atoms with Crippen LogP contribution in [0.4, 0.5) is 0 Å². The lowest BCUT2D eigenvalue weighted by atomic mass is 10.0. The van der Waals surface area contributed by atoms with Crippen molar-refractivity contribution < 1.29 is 9.53 Å². The number of ether oxygens (including phenoxy) is 1. The summed E-state index contributed by atoms with van der Waals surface area (Å²) in [6, 6.07) is 13.8. The molecule has 2 aromatic rings. The molecule has 2 heteroatoms. The van der Waals surface area contributed by atoms with Crippen LogP contribution in [0, 0.1) is 13.8 Å². The Morgan fingerprint density at radius 2 is 1.71 bits per heavy atom. The molecule has 1 aliphatic rings. The van der Waals surface area contributed by atoms with Crippen LogP contribution in [0.25, 0.3) is 6.08 Å². The fourth-order valence-corrected chi connectivity index (χ4v) is 2.27. The summed E-state index contributed by atoms with van der Waals surface area (Å²) in [6.07, 6.45) is 5.51. The topological polar surface area (TPSA) is 26.3 Å². The molecule has 0 radical (unpaired) electrons. The molecule has 0 spiro atoms. The van der Waals surface area contributed by atoms with Crippen LogP contribution in [0.1, 0.15) is 27.0 Å². The average Bonchev–Trinajstić information content (AvgIpc) is 2.77. The number of ketones is 1. The molecule has 0 unspecified atom stereocenters. The van der Waals surface area contributed by atoms with Crippen molar-refractivity contribution in [2.75, 3.05) is 0 Å². The SMILES string of the molecule is Cc1cc2c(cc1C)C(=O)/C(=C/C=C/c1ccccc1)O2. The van der Waals surface area contributed by atoms with Crippen molar-refractivity contribution in [2.24, 2.45) is 0 Å². The van der Waals surface area contributed by atoms with E-state index in [0.29, 0.717) is 17.1 Å². The molecule has 3 rings (SSSR count). The van der Waals surface area contributed by atoms with Gasteiger partial charge in [0.25, 0.3) is 0 Å². The number of aryl methyl sites for hydroxylation is 2. The van der Waals surface area contributed by atoms with Gasteiger partial charge in [-0.3, -0.25) is 4.79 Å². The van der Waals surface area contributed by atoms with Gasteiger partial charge < -0.3 is 4.74 Å². The lowest BCUT2D eigenvalue weighted by molar-refractivity contribution is 0.101. The van der Waals surface area contributed by atoms with Crippen molar-refractivity contribution in [3.05, 3.63) is 82.6 Å². The van der Waals surface area contributed by atoms with E-state index < -0.39 is 0 Å². The highest BCUT2D eigenvalue weighted by molar-refractivity contribution is 6.12. The monoisotopic (exact) mass is 276 g/mol. The maximum atomic E-state index is 12.3. The van der Waals surface area contributed by atoms with Gasteiger partial charge >= 0.3 is 0 Å². The summed E-state index contributed by atoms with van der Waals surface area (Å²) in [5.74, 6) is 0.982. The minimum Gasteiger partial charge on any atom is -0.452 e. The number of allylic oxidation sites excluding steroid dienone is 3. The van der Waals surface area contributed by atoms with Gasteiger partial charge in [0.05, 0.1) is 5.56 Å². The molecule has 2 nitrogen and oxygen atoms in total. The third-order valence-corrected chi connectivity index (χ3v) is 3.62. The average molecular weight is 276 g/mol. The molecule has 0 amide bonds. The summed E-state index contributed by atoms with van der Waals surface area (Å²) in [5, 5.41) is 0. The molecular weight excluding hydrogens is 260 g/mol. The van der Waals surface area contributed by atoms with Gasteiger partial charge in [-0.05, 0) is 48.7 Å². The standard InChI is InChI=1S/C19H16O2/c1-13-11-16-18(12-14(13)2)21-17(19(16)20)10-6-9-15-7-4-3-5-8-15/h3-12H,1-2H3/b9-6+,17-10-. The molecule has 0 saturated heterocycles. The highest BCUT2D eigenvalue weighted by Gasteiger charge is 2.27. The summed E-state index contributed by atoms with van der Waals surface area (Å²) in [6.45, 7) is 4.01. The molecule has 104 valence electrons. The van der Waals surface area contributed by atoms with Crippen LogP contribution in [-0.2, 0) is 0 Å². The second-order valence-electron chi connectivity index (χ2n) is 5.16. The Morgan fingerprint density at radius 3 is 2.48 bits per heavy atom. The van der Waals surface area contributed by atoms with Gasteiger partial charge in [-0.1, -0.05) is 42.5 Å². The predicted octanol–water partition coefficient (Wildman–Crippen LogP) is 4.48. The quantitative estimate of drug-likeness (QED) is 0.756. The molecule has 0 saturated carbocycles. The van der Waals surface area contributed by atoms with Crippen LogP contribution in [0.2, 0.25) is 0 Å². The first-order valence-corrected chi connectivity index (χ1v) is 6.92. The number of fused-ring (bicyclic) bond motifs is 1. The van der Waals surface area contributed by atoms with Crippen molar-refractivity contribution in [1.29, 1.82) is 0 Å². The maximum Gasteiger partial charge on any atom is 0.231 e. The highest BCUT2D eigenvalue weighted by atomic mass is 16.5. The third kappa shape index (κ3) is 2.65. The van der Waals surface area contributed by atoms with E-state index in [1.807, 2.05) is 68.5 Å². The summed E-state index contributed by atoms with van der Waals surface area (Å²) in [7, 11) is 0. The summed E-state index contributed by atoms with van der Waals surface area (Å²) in [5.41, 5.74) is 3.97. The van der Waals surface area contributed by atoms with Gasteiger partial charge in [0, 0.05) is 0 Å². The van der Waals surface area contributed by atoms with E-state index >= 15 is 0 Å². The van der Waals surface area contributed by atoms with Gasteiger partial charge in [0.15, 0.2) is 5.76 Å². The van der Waals surface area contributed by atoms with Crippen LogP contribution >= 0.6 is 0 Å². The largest absolute Gasteiger partial charge is 0.452 e. The number of hydrogen-bond acceptors (Lipinski definition) is 2. The van der Waals surface area contributed by atoms with Crippen LogP contribution in [0.5, 0.6) is 5.75 Å². The fraction of sp³-hybridized carbons (Fsp3) is 0.105. The lowest BCUT2D eigenvalue weighted by Gasteiger charge is -2.01. The van der Waals surface area contributed by atoms with E-state index in [-0.39, 0.29) is 5.78 Å². The lowest BCUT2D eigenvalue weighted by Crippen LogP contribution is -1.97. The van der Waals surface area contributed by atoms with Crippen LogP contribution in [0.3, 0.4) is 0 Å². The number of carbonyl (C=O) groups is 1. The van der Waals surface area contributed by atoms with Crippen LogP contribution in [-0.4, -0.2) is 5.78 Å². The molecular formula is C19H16O2. The normalized spacial score (nSPS) is 15.5. The van der Waals surface area contributed by atoms with E-state index in [1.54, 1.807) is 6.08 Å². The number of rotatable bonds is 2. The van der Waals surface area contributed by atoms with E-state index in [9.17, 15) is 4.79 Å². The Kier molecular flexibility index (Phi) is 3.44. The Bertz CT molecular complexity index is 753. The van der Waals surface area contributed by atoms with Crippen molar-refractivity contribution in [3.8, 4) is 5.75 Å². The zero-order valence-electron chi connectivity index (χ0n) is 12.1. The van der Waals surface area contributed by atoms with Gasteiger partial charge in [-0.25, -0.2) is 0 Å². The Morgan fingerprint density at radius 1 is 1.00 bits per heavy atom. The van der Waals surface area contributed by atoms with E-state index in [4.69, 9.17) is 4.74 Å². The zero-order valence-corrected chi connectivity index (χ0v) is 12.1. The van der Waals surface area contributed by atoms with Gasteiger partial charge in [-0.15, -0.1) is 0 Å².